The molecule has 1 fully saturated rings. The number of hydrogen-bond acceptors (Lipinski definition) is 4. The van der Waals surface area contributed by atoms with E-state index >= 15 is 0 Å². The number of benzene rings is 2. The number of hydrogen-bond donors (Lipinski definition) is 1. The lowest BCUT2D eigenvalue weighted by Crippen LogP contribution is -2.54. The number of sulfonamides is 1. The number of amides is 1. The fourth-order valence-corrected chi connectivity index (χ4v) is 5.86. The van der Waals surface area contributed by atoms with Gasteiger partial charge in [0.2, 0.25) is 0 Å². The van der Waals surface area contributed by atoms with Gasteiger partial charge in [0.05, 0.1) is 10.6 Å². The van der Waals surface area contributed by atoms with Crippen LogP contribution in [0.3, 0.4) is 0 Å². The fourth-order valence-electron chi connectivity index (χ4n) is 4.31. The van der Waals surface area contributed by atoms with Crippen molar-refractivity contribution in [3.05, 3.63) is 59.7 Å². The van der Waals surface area contributed by atoms with Gasteiger partial charge < -0.3 is 0 Å². The van der Waals surface area contributed by atoms with Crippen LogP contribution in [-0.4, -0.2) is 38.0 Å². The van der Waals surface area contributed by atoms with Crippen molar-refractivity contribution in [2.24, 2.45) is 0 Å². The van der Waals surface area contributed by atoms with Gasteiger partial charge >= 0.3 is 0 Å². The summed E-state index contributed by atoms with van der Waals surface area (Å²) in [6.07, 6.45) is 3.92. The molecule has 2 aromatic carbocycles. The summed E-state index contributed by atoms with van der Waals surface area (Å²) in [5, 5.41) is 1.99. The molecule has 0 radical (unpaired) electrons. The van der Waals surface area contributed by atoms with Gasteiger partial charge in [-0.1, -0.05) is 30.7 Å². The van der Waals surface area contributed by atoms with Gasteiger partial charge in [-0.25, -0.2) is 13.4 Å². The maximum absolute atomic E-state index is 13.2. The monoisotopic (exact) mass is 413 g/mol. The van der Waals surface area contributed by atoms with Crippen LogP contribution in [0.4, 0.5) is 5.69 Å². The van der Waals surface area contributed by atoms with E-state index in [-0.39, 0.29) is 22.9 Å². The largest absolute Gasteiger partial charge is 0.284 e. The van der Waals surface area contributed by atoms with Crippen molar-refractivity contribution in [3.8, 4) is 0 Å². The molecule has 2 atom stereocenters. The van der Waals surface area contributed by atoms with Crippen LogP contribution in [0.1, 0.15) is 49.0 Å². The molecule has 1 saturated heterocycles. The standard InChI is InChI=1S/C22H27N3O3S/c1-16-7-5-8-17(2)25(16)23-22(26)19-10-6-11-20(15-19)29(27,28)24-14-13-18-9-3-4-12-21(18)24/h3-4,6,9-12,15-17H,5,7-8,13-14H2,1-2H3,(H,23,26)/t16-,17-/m0/s1. The summed E-state index contributed by atoms with van der Waals surface area (Å²) in [5.41, 5.74) is 5.08. The Morgan fingerprint density at radius 2 is 1.76 bits per heavy atom. The summed E-state index contributed by atoms with van der Waals surface area (Å²) in [7, 11) is -3.72. The number of hydrazine groups is 1. The second-order valence-corrected chi connectivity index (χ2v) is 9.82. The molecule has 1 N–H and O–H groups in total. The van der Waals surface area contributed by atoms with Gasteiger partial charge in [-0.2, -0.15) is 0 Å². The zero-order valence-corrected chi connectivity index (χ0v) is 17.7. The number of nitrogens with zero attached hydrogens (tertiary/aromatic N) is 2. The highest BCUT2D eigenvalue weighted by Crippen LogP contribution is 2.32. The summed E-state index contributed by atoms with van der Waals surface area (Å²) in [4.78, 5) is 13.0. The molecule has 4 rings (SSSR count). The molecule has 154 valence electrons. The second-order valence-electron chi connectivity index (χ2n) is 7.96. The molecule has 2 aromatic rings. The lowest BCUT2D eigenvalue weighted by Gasteiger charge is -2.38. The Morgan fingerprint density at radius 3 is 2.52 bits per heavy atom. The van der Waals surface area contributed by atoms with Crippen LogP contribution in [0, 0.1) is 0 Å². The molecule has 0 bridgehead atoms. The molecule has 0 aromatic heterocycles. The maximum Gasteiger partial charge on any atom is 0.265 e. The normalized spacial score (nSPS) is 22.3. The van der Waals surface area contributed by atoms with E-state index in [1.807, 2.05) is 29.3 Å². The Kier molecular flexibility index (Phi) is 5.36. The number of piperidine rings is 1. The Labute approximate surface area is 172 Å². The Hall–Kier alpha value is -2.38. The first-order valence-corrected chi connectivity index (χ1v) is 11.6. The SMILES string of the molecule is C[C@H]1CCC[C@H](C)N1NC(=O)c1cccc(S(=O)(=O)N2CCc3ccccc32)c1. The van der Waals surface area contributed by atoms with Crippen molar-refractivity contribution in [2.75, 3.05) is 10.8 Å². The first-order chi connectivity index (χ1) is 13.9. The van der Waals surface area contributed by atoms with E-state index < -0.39 is 10.0 Å². The topological polar surface area (TPSA) is 69.7 Å². The van der Waals surface area contributed by atoms with Crippen molar-refractivity contribution in [3.63, 3.8) is 0 Å². The summed E-state index contributed by atoms with van der Waals surface area (Å²) in [5.74, 6) is -0.274. The zero-order valence-electron chi connectivity index (χ0n) is 16.8. The van der Waals surface area contributed by atoms with Crippen LogP contribution in [0.2, 0.25) is 0 Å². The number of carbonyl (C=O) groups is 1. The van der Waals surface area contributed by atoms with Gasteiger partial charge in [-0.05, 0) is 62.9 Å². The van der Waals surface area contributed by atoms with Crippen LogP contribution >= 0.6 is 0 Å². The van der Waals surface area contributed by atoms with Crippen molar-refractivity contribution in [1.29, 1.82) is 0 Å². The summed E-state index contributed by atoms with van der Waals surface area (Å²) < 4.78 is 27.9. The number of para-hydroxylation sites is 1. The van der Waals surface area contributed by atoms with Crippen LogP contribution in [0.5, 0.6) is 0 Å². The third kappa shape index (κ3) is 3.76. The minimum Gasteiger partial charge on any atom is -0.284 e. The third-order valence-electron chi connectivity index (χ3n) is 5.95. The quantitative estimate of drug-likeness (QED) is 0.835. The van der Waals surface area contributed by atoms with E-state index in [0.29, 0.717) is 18.5 Å². The van der Waals surface area contributed by atoms with Crippen LogP contribution in [-0.2, 0) is 16.4 Å². The smallest absolute Gasteiger partial charge is 0.265 e. The summed E-state index contributed by atoms with van der Waals surface area (Å²) in [6.45, 7) is 4.62. The second kappa shape index (κ2) is 7.80. The van der Waals surface area contributed by atoms with Crippen molar-refractivity contribution in [2.45, 2.75) is 56.5 Å². The molecule has 29 heavy (non-hydrogen) atoms. The molecule has 2 aliphatic heterocycles. The average molecular weight is 414 g/mol. The van der Waals surface area contributed by atoms with E-state index in [2.05, 4.69) is 19.3 Å². The molecule has 7 heteroatoms. The highest BCUT2D eigenvalue weighted by atomic mass is 32.2. The molecule has 6 nitrogen and oxygen atoms in total. The first-order valence-electron chi connectivity index (χ1n) is 10.2. The summed E-state index contributed by atoms with van der Waals surface area (Å²) >= 11 is 0. The fraction of sp³-hybridized carbons (Fsp3) is 0.409. The molecule has 2 aliphatic rings. The van der Waals surface area contributed by atoms with E-state index in [1.165, 1.54) is 10.4 Å². The number of fused-ring (bicyclic) bond motifs is 1. The van der Waals surface area contributed by atoms with Crippen molar-refractivity contribution < 1.29 is 13.2 Å². The number of nitrogens with one attached hydrogen (secondary N) is 1. The number of anilines is 1. The van der Waals surface area contributed by atoms with Gasteiger partial charge in [0.25, 0.3) is 15.9 Å². The molecular weight excluding hydrogens is 386 g/mol. The molecule has 1 amide bonds. The highest BCUT2D eigenvalue weighted by Gasteiger charge is 2.31. The van der Waals surface area contributed by atoms with Crippen LogP contribution in [0.15, 0.2) is 53.4 Å². The zero-order chi connectivity index (χ0) is 20.6. The van der Waals surface area contributed by atoms with Crippen molar-refractivity contribution in [1.82, 2.24) is 10.4 Å². The minimum atomic E-state index is -3.72. The molecule has 2 heterocycles. The molecule has 0 aliphatic carbocycles. The van der Waals surface area contributed by atoms with Gasteiger partial charge in [-0.3, -0.25) is 14.5 Å². The van der Waals surface area contributed by atoms with E-state index in [9.17, 15) is 13.2 Å². The van der Waals surface area contributed by atoms with Gasteiger partial charge in [0, 0.05) is 24.2 Å². The molecular formula is C22H27N3O3S. The van der Waals surface area contributed by atoms with Crippen molar-refractivity contribution >= 4 is 21.6 Å². The Bertz CT molecular complexity index is 1010. The number of rotatable bonds is 4. The Balaban J connectivity index is 1.58. The molecule has 0 spiro atoms. The lowest BCUT2D eigenvalue weighted by molar-refractivity contribution is 0.0369. The van der Waals surface area contributed by atoms with Crippen LogP contribution in [0.25, 0.3) is 0 Å². The molecule has 0 saturated carbocycles. The van der Waals surface area contributed by atoms with E-state index in [1.54, 1.807) is 18.2 Å². The van der Waals surface area contributed by atoms with E-state index in [0.717, 1.165) is 30.5 Å². The third-order valence-corrected chi connectivity index (χ3v) is 7.76. The lowest BCUT2D eigenvalue weighted by atomic mass is 10.00. The highest BCUT2D eigenvalue weighted by molar-refractivity contribution is 7.92. The Morgan fingerprint density at radius 1 is 1.03 bits per heavy atom. The minimum absolute atomic E-state index is 0.140. The van der Waals surface area contributed by atoms with Gasteiger partial charge in [-0.15, -0.1) is 0 Å². The van der Waals surface area contributed by atoms with Crippen LogP contribution < -0.4 is 9.73 Å². The maximum atomic E-state index is 13.2. The molecule has 0 unspecified atom stereocenters. The average Bonchev–Trinajstić information content (AvgIpc) is 3.16. The predicted molar refractivity (Wildman–Crippen MR) is 113 cm³/mol. The predicted octanol–water partition coefficient (Wildman–Crippen LogP) is 3.35. The van der Waals surface area contributed by atoms with E-state index in [4.69, 9.17) is 0 Å². The van der Waals surface area contributed by atoms with Gasteiger partial charge in [0.15, 0.2) is 0 Å². The number of carbonyl (C=O) groups excluding carboxylic acids is 1. The van der Waals surface area contributed by atoms with Gasteiger partial charge in [0.1, 0.15) is 0 Å². The summed E-state index contributed by atoms with van der Waals surface area (Å²) in [6, 6.07) is 14.4. The first kappa shape index (κ1) is 19.9.